The highest BCUT2D eigenvalue weighted by atomic mass is 35.5. The van der Waals surface area contributed by atoms with Gasteiger partial charge in [0.1, 0.15) is 6.04 Å². The molecule has 11 heteroatoms. The second-order valence-electron chi connectivity index (χ2n) is 9.35. The molecule has 1 aliphatic carbocycles. The third-order valence-corrected chi connectivity index (χ3v) is 8.41. The topological polar surface area (TPSA) is 86.8 Å². The maximum atomic E-state index is 13.4. The lowest BCUT2D eigenvalue weighted by atomic mass is 10.1. The monoisotopic (exact) mass is 587 g/mol. The highest BCUT2D eigenvalue weighted by Crippen LogP contribution is 2.31. The third kappa shape index (κ3) is 8.50. The maximum absolute atomic E-state index is 13.4. The first-order chi connectivity index (χ1) is 17.5. The van der Waals surface area contributed by atoms with Gasteiger partial charge >= 0.3 is 0 Å². The maximum Gasteiger partial charge on any atom is 0.242 e. The molecule has 0 aliphatic heterocycles. The summed E-state index contributed by atoms with van der Waals surface area (Å²) in [5.74, 6) is -0.467. The Bertz CT molecular complexity index is 1220. The molecule has 202 valence electrons. The number of sulfonamides is 1. The summed E-state index contributed by atoms with van der Waals surface area (Å²) in [6, 6.07) is 11.1. The summed E-state index contributed by atoms with van der Waals surface area (Å²) >= 11 is 18.4. The van der Waals surface area contributed by atoms with E-state index in [0.29, 0.717) is 10.0 Å². The summed E-state index contributed by atoms with van der Waals surface area (Å²) in [5.41, 5.74) is 1.05. The summed E-state index contributed by atoms with van der Waals surface area (Å²) in [6.07, 6.45) is 5.37. The molecule has 1 atom stereocenters. The first kappa shape index (κ1) is 29.6. The van der Waals surface area contributed by atoms with E-state index in [-0.39, 0.29) is 54.5 Å². The Morgan fingerprint density at radius 1 is 1.05 bits per heavy atom. The predicted molar refractivity (Wildman–Crippen MR) is 150 cm³/mol. The molecule has 0 radical (unpaired) electrons. The minimum absolute atomic E-state index is 0.0261. The molecule has 0 bridgehead atoms. The molecule has 1 aliphatic rings. The van der Waals surface area contributed by atoms with Crippen molar-refractivity contribution in [3.63, 3.8) is 0 Å². The van der Waals surface area contributed by atoms with Gasteiger partial charge in [-0.05, 0) is 62.1 Å². The summed E-state index contributed by atoms with van der Waals surface area (Å²) in [6.45, 7) is 1.94. The summed E-state index contributed by atoms with van der Waals surface area (Å²) in [7, 11) is -3.69. The molecule has 1 N–H and O–H groups in total. The molecular weight excluding hydrogens is 557 g/mol. The van der Waals surface area contributed by atoms with Crippen LogP contribution in [0.3, 0.4) is 0 Å². The fourth-order valence-corrected chi connectivity index (χ4v) is 6.08. The molecule has 0 saturated heterocycles. The molecule has 2 aromatic rings. The number of amides is 2. The highest BCUT2D eigenvalue weighted by Gasteiger charge is 2.29. The summed E-state index contributed by atoms with van der Waals surface area (Å²) < 4.78 is 26.2. The fourth-order valence-electron chi connectivity index (χ4n) is 4.47. The molecular formula is C26H32Cl3N3O4S. The normalized spacial score (nSPS) is 14.8. The zero-order valence-corrected chi connectivity index (χ0v) is 24.0. The van der Waals surface area contributed by atoms with Crippen molar-refractivity contribution in [1.82, 2.24) is 10.2 Å². The number of halogens is 3. The van der Waals surface area contributed by atoms with E-state index in [9.17, 15) is 18.0 Å². The number of carbonyl (C=O) groups is 2. The van der Waals surface area contributed by atoms with Gasteiger partial charge in [-0.25, -0.2) is 8.42 Å². The molecule has 1 fully saturated rings. The number of nitrogens with zero attached hydrogens (tertiary/aromatic N) is 2. The van der Waals surface area contributed by atoms with Gasteiger partial charge < -0.3 is 10.2 Å². The Hall–Kier alpha value is -2.00. The van der Waals surface area contributed by atoms with Crippen molar-refractivity contribution in [3.8, 4) is 0 Å². The molecule has 7 nitrogen and oxygen atoms in total. The lowest BCUT2D eigenvalue weighted by Gasteiger charge is -2.30. The average molecular weight is 589 g/mol. The van der Waals surface area contributed by atoms with Crippen molar-refractivity contribution < 1.29 is 18.0 Å². The van der Waals surface area contributed by atoms with E-state index in [1.165, 1.54) is 17.0 Å². The molecule has 37 heavy (non-hydrogen) atoms. The Labute approximate surface area is 234 Å². The van der Waals surface area contributed by atoms with Crippen LogP contribution in [-0.2, 0) is 26.2 Å². The molecule has 0 heterocycles. The van der Waals surface area contributed by atoms with E-state index < -0.39 is 16.1 Å². The Morgan fingerprint density at radius 3 is 2.38 bits per heavy atom. The quantitative estimate of drug-likeness (QED) is 0.367. The predicted octanol–water partition coefficient (Wildman–Crippen LogP) is 5.67. The zero-order valence-electron chi connectivity index (χ0n) is 20.9. The Balaban J connectivity index is 1.74. The van der Waals surface area contributed by atoms with E-state index in [0.717, 1.165) is 41.8 Å². The second kappa shape index (κ2) is 13.2. The summed E-state index contributed by atoms with van der Waals surface area (Å²) in [5, 5.41) is 4.19. The first-order valence-electron chi connectivity index (χ1n) is 12.2. The third-order valence-electron chi connectivity index (χ3n) is 6.44. The van der Waals surface area contributed by atoms with Crippen LogP contribution in [0, 0.1) is 0 Å². The van der Waals surface area contributed by atoms with E-state index in [4.69, 9.17) is 34.8 Å². The van der Waals surface area contributed by atoms with Crippen LogP contribution in [0.2, 0.25) is 15.1 Å². The van der Waals surface area contributed by atoms with Gasteiger partial charge in [0.15, 0.2) is 0 Å². The molecule has 0 spiro atoms. The van der Waals surface area contributed by atoms with Crippen LogP contribution in [0.15, 0.2) is 42.5 Å². The van der Waals surface area contributed by atoms with Crippen LogP contribution < -0.4 is 9.62 Å². The smallest absolute Gasteiger partial charge is 0.242 e. The van der Waals surface area contributed by atoms with Gasteiger partial charge in [0, 0.05) is 35.6 Å². The number of carbonyl (C=O) groups excluding carboxylic acids is 2. The van der Waals surface area contributed by atoms with Crippen LogP contribution in [0.1, 0.15) is 51.0 Å². The van der Waals surface area contributed by atoms with Gasteiger partial charge in [-0.2, -0.15) is 0 Å². The van der Waals surface area contributed by atoms with E-state index in [2.05, 4.69) is 5.32 Å². The zero-order chi connectivity index (χ0) is 27.2. The van der Waals surface area contributed by atoms with Crippen LogP contribution in [0.5, 0.6) is 0 Å². The van der Waals surface area contributed by atoms with Gasteiger partial charge in [-0.15, -0.1) is 0 Å². The number of rotatable bonds is 11. The largest absolute Gasteiger partial charge is 0.352 e. The lowest BCUT2D eigenvalue weighted by molar-refractivity contribution is -0.141. The number of nitrogens with one attached hydrogen (secondary N) is 1. The van der Waals surface area contributed by atoms with Gasteiger partial charge in [0.25, 0.3) is 0 Å². The molecule has 1 saturated carbocycles. The van der Waals surface area contributed by atoms with Crippen molar-refractivity contribution in [2.24, 2.45) is 0 Å². The van der Waals surface area contributed by atoms with Gasteiger partial charge in [-0.3, -0.25) is 13.9 Å². The van der Waals surface area contributed by atoms with E-state index >= 15 is 0 Å². The number of anilines is 1. The van der Waals surface area contributed by atoms with Gasteiger partial charge in [0.2, 0.25) is 21.8 Å². The van der Waals surface area contributed by atoms with Crippen LogP contribution in [0.4, 0.5) is 5.69 Å². The molecule has 3 rings (SSSR count). The van der Waals surface area contributed by atoms with E-state index in [1.54, 1.807) is 31.2 Å². The van der Waals surface area contributed by atoms with Crippen LogP contribution in [-0.4, -0.2) is 50.0 Å². The average Bonchev–Trinajstić information content (AvgIpc) is 3.34. The van der Waals surface area contributed by atoms with Crippen molar-refractivity contribution in [1.29, 1.82) is 0 Å². The SMILES string of the molecule is C[C@H](C(=O)NC1CCCC1)N(Cc1cccc(Cl)c1)C(=O)CCCN(c1cc(Cl)ccc1Cl)S(C)(=O)=O. The van der Waals surface area contributed by atoms with Crippen molar-refractivity contribution in [2.75, 3.05) is 17.1 Å². The minimum Gasteiger partial charge on any atom is -0.352 e. The van der Waals surface area contributed by atoms with Crippen LogP contribution in [0.25, 0.3) is 0 Å². The minimum atomic E-state index is -3.69. The molecule has 0 aromatic heterocycles. The second-order valence-corrected chi connectivity index (χ2v) is 12.5. The molecule has 0 unspecified atom stereocenters. The van der Waals surface area contributed by atoms with Crippen LogP contribution >= 0.6 is 34.8 Å². The number of hydrogen-bond acceptors (Lipinski definition) is 4. The van der Waals surface area contributed by atoms with Gasteiger partial charge in [0.05, 0.1) is 17.0 Å². The van der Waals surface area contributed by atoms with Crippen molar-refractivity contribution >= 4 is 62.3 Å². The fraction of sp³-hybridized carbons (Fsp3) is 0.462. The molecule has 2 amide bonds. The van der Waals surface area contributed by atoms with Gasteiger partial charge in [-0.1, -0.05) is 59.8 Å². The van der Waals surface area contributed by atoms with Crippen molar-refractivity contribution in [2.45, 2.75) is 64.1 Å². The number of hydrogen-bond donors (Lipinski definition) is 1. The molecule has 2 aromatic carbocycles. The Morgan fingerprint density at radius 2 is 1.73 bits per heavy atom. The Kier molecular flexibility index (Phi) is 10.5. The lowest BCUT2D eigenvalue weighted by Crippen LogP contribution is -2.49. The van der Waals surface area contributed by atoms with Crippen molar-refractivity contribution in [3.05, 3.63) is 63.1 Å². The standard InChI is InChI=1S/C26H32Cl3N3O4S/c1-18(26(34)30-22-9-3-4-10-22)31(17-19-7-5-8-20(27)15-19)25(33)11-6-14-32(37(2,35)36)24-16-21(28)12-13-23(24)29/h5,7-8,12-13,15-16,18,22H,3-4,6,9-11,14,17H2,1-2H3,(H,30,34)/t18-/m1/s1. The number of benzene rings is 2. The first-order valence-corrected chi connectivity index (χ1v) is 15.2. The van der Waals surface area contributed by atoms with E-state index in [1.807, 2.05) is 6.07 Å². The highest BCUT2D eigenvalue weighted by molar-refractivity contribution is 7.92. The summed E-state index contributed by atoms with van der Waals surface area (Å²) in [4.78, 5) is 27.9.